The molecule has 0 saturated heterocycles. The number of pyridine rings is 1. The summed E-state index contributed by atoms with van der Waals surface area (Å²) in [6, 6.07) is 1.76. The second-order valence-electron chi connectivity index (χ2n) is 5.83. The standard InChI is InChI=1S/C16H22N2O3/c1-11-8-9-17-10-13(11)15(20)18-12(2)6-7-14(19)21-16(3,4)5/h8-10H,2,6-7H2,1,3-5H3,(H,18,20). The van der Waals surface area contributed by atoms with Gasteiger partial charge in [0.05, 0.1) is 12.0 Å². The van der Waals surface area contributed by atoms with Crippen LogP contribution in [0.1, 0.15) is 49.5 Å². The van der Waals surface area contributed by atoms with Gasteiger partial charge >= 0.3 is 5.97 Å². The Labute approximate surface area is 125 Å². The minimum Gasteiger partial charge on any atom is -0.460 e. The second kappa shape index (κ2) is 7.02. The van der Waals surface area contributed by atoms with Crippen LogP contribution in [0.2, 0.25) is 0 Å². The molecule has 5 heteroatoms. The predicted molar refractivity (Wildman–Crippen MR) is 80.7 cm³/mol. The number of ether oxygens (including phenoxy) is 1. The number of esters is 1. The van der Waals surface area contributed by atoms with Crippen LogP contribution in [0.5, 0.6) is 0 Å². The molecule has 0 saturated carbocycles. The lowest BCUT2D eigenvalue weighted by Gasteiger charge is -2.19. The fourth-order valence-corrected chi connectivity index (χ4v) is 1.64. The minimum atomic E-state index is -0.505. The number of hydrogen-bond acceptors (Lipinski definition) is 4. The molecule has 1 rings (SSSR count). The smallest absolute Gasteiger partial charge is 0.306 e. The Kier molecular flexibility index (Phi) is 5.64. The van der Waals surface area contributed by atoms with Crippen LogP contribution in [-0.4, -0.2) is 22.5 Å². The zero-order valence-corrected chi connectivity index (χ0v) is 13.0. The topological polar surface area (TPSA) is 68.3 Å². The van der Waals surface area contributed by atoms with E-state index in [0.717, 1.165) is 5.56 Å². The Hall–Kier alpha value is -2.17. The number of amides is 1. The fourth-order valence-electron chi connectivity index (χ4n) is 1.64. The van der Waals surface area contributed by atoms with Crippen LogP contribution in [-0.2, 0) is 9.53 Å². The third-order valence-corrected chi connectivity index (χ3v) is 2.62. The molecular formula is C16H22N2O3. The first-order chi connectivity index (χ1) is 9.69. The summed E-state index contributed by atoms with van der Waals surface area (Å²) in [5.74, 6) is -0.578. The molecule has 0 aromatic carbocycles. The Morgan fingerprint density at radius 2 is 2.00 bits per heavy atom. The van der Waals surface area contributed by atoms with E-state index in [4.69, 9.17) is 4.74 Å². The van der Waals surface area contributed by atoms with E-state index in [-0.39, 0.29) is 18.3 Å². The van der Waals surface area contributed by atoms with Gasteiger partial charge < -0.3 is 10.1 Å². The first kappa shape index (κ1) is 16.9. The van der Waals surface area contributed by atoms with E-state index in [1.54, 1.807) is 12.3 Å². The van der Waals surface area contributed by atoms with Gasteiger partial charge in [-0.2, -0.15) is 0 Å². The molecule has 0 aliphatic heterocycles. The second-order valence-corrected chi connectivity index (χ2v) is 5.83. The average molecular weight is 290 g/mol. The summed E-state index contributed by atoms with van der Waals surface area (Å²) >= 11 is 0. The number of nitrogens with zero attached hydrogens (tertiary/aromatic N) is 1. The number of nitrogens with one attached hydrogen (secondary N) is 1. The first-order valence-corrected chi connectivity index (χ1v) is 6.80. The molecule has 0 aliphatic carbocycles. The van der Waals surface area contributed by atoms with Gasteiger partial charge in [-0.1, -0.05) is 6.58 Å². The van der Waals surface area contributed by atoms with Gasteiger partial charge in [-0.3, -0.25) is 14.6 Å². The van der Waals surface area contributed by atoms with Gasteiger partial charge in [-0.05, 0) is 45.7 Å². The summed E-state index contributed by atoms with van der Waals surface area (Å²) in [5, 5.41) is 2.67. The SMILES string of the molecule is C=C(CCC(=O)OC(C)(C)C)NC(=O)c1cnccc1C. The van der Waals surface area contributed by atoms with Crippen molar-refractivity contribution >= 4 is 11.9 Å². The number of rotatable bonds is 5. The number of aromatic nitrogens is 1. The molecule has 1 aromatic rings. The third-order valence-electron chi connectivity index (χ3n) is 2.62. The molecule has 5 nitrogen and oxygen atoms in total. The van der Waals surface area contributed by atoms with E-state index in [1.807, 2.05) is 27.7 Å². The molecule has 114 valence electrons. The van der Waals surface area contributed by atoms with Crippen molar-refractivity contribution in [2.24, 2.45) is 0 Å². The monoisotopic (exact) mass is 290 g/mol. The van der Waals surface area contributed by atoms with Crippen molar-refractivity contribution in [3.63, 3.8) is 0 Å². The highest BCUT2D eigenvalue weighted by Crippen LogP contribution is 2.11. The van der Waals surface area contributed by atoms with Crippen molar-refractivity contribution in [1.29, 1.82) is 0 Å². The van der Waals surface area contributed by atoms with Gasteiger partial charge in [0, 0.05) is 18.1 Å². The van der Waals surface area contributed by atoms with Crippen molar-refractivity contribution in [3.05, 3.63) is 41.9 Å². The molecule has 1 amide bonds. The van der Waals surface area contributed by atoms with Crippen molar-refractivity contribution < 1.29 is 14.3 Å². The van der Waals surface area contributed by atoms with Crippen LogP contribution >= 0.6 is 0 Å². The number of aryl methyl sites for hydroxylation is 1. The lowest BCUT2D eigenvalue weighted by atomic mass is 10.1. The highest BCUT2D eigenvalue weighted by molar-refractivity contribution is 5.96. The van der Waals surface area contributed by atoms with Crippen molar-refractivity contribution in [2.75, 3.05) is 0 Å². The van der Waals surface area contributed by atoms with Crippen LogP contribution in [0.25, 0.3) is 0 Å². The molecule has 0 bridgehead atoms. The lowest BCUT2D eigenvalue weighted by Crippen LogP contribution is -2.26. The molecule has 0 aliphatic rings. The van der Waals surface area contributed by atoms with E-state index < -0.39 is 5.60 Å². The Morgan fingerprint density at radius 1 is 1.33 bits per heavy atom. The summed E-state index contributed by atoms with van der Waals surface area (Å²) in [4.78, 5) is 27.5. The highest BCUT2D eigenvalue weighted by atomic mass is 16.6. The summed E-state index contributed by atoms with van der Waals surface area (Å²) in [5.41, 5.74) is 1.31. The zero-order valence-electron chi connectivity index (χ0n) is 13.0. The zero-order chi connectivity index (χ0) is 16.0. The van der Waals surface area contributed by atoms with E-state index in [0.29, 0.717) is 17.7 Å². The summed E-state index contributed by atoms with van der Waals surface area (Å²) in [6.45, 7) is 11.0. The molecule has 0 fully saturated rings. The van der Waals surface area contributed by atoms with Crippen LogP contribution in [0.3, 0.4) is 0 Å². The maximum absolute atomic E-state index is 12.0. The maximum atomic E-state index is 12.0. The molecule has 1 aromatic heterocycles. The highest BCUT2D eigenvalue weighted by Gasteiger charge is 2.16. The van der Waals surface area contributed by atoms with E-state index in [2.05, 4.69) is 16.9 Å². The summed E-state index contributed by atoms with van der Waals surface area (Å²) in [7, 11) is 0. The van der Waals surface area contributed by atoms with Crippen LogP contribution in [0, 0.1) is 6.92 Å². The molecule has 21 heavy (non-hydrogen) atoms. The number of carbonyl (C=O) groups is 2. The van der Waals surface area contributed by atoms with E-state index in [1.165, 1.54) is 6.20 Å². The molecule has 0 spiro atoms. The predicted octanol–water partition coefficient (Wildman–Crippen LogP) is 2.76. The molecular weight excluding hydrogens is 268 g/mol. The summed E-state index contributed by atoms with van der Waals surface area (Å²) < 4.78 is 5.19. The van der Waals surface area contributed by atoms with Crippen LogP contribution < -0.4 is 5.32 Å². The first-order valence-electron chi connectivity index (χ1n) is 6.80. The Morgan fingerprint density at radius 3 is 2.57 bits per heavy atom. The molecule has 0 unspecified atom stereocenters. The minimum absolute atomic E-state index is 0.183. The Bertz CT molecular complexity index is 545. The van der Waals surface area contributed by atoms with Gasteiger partial charge in [0.15, 0.2) is 0 Å². The summed E-state index contributed by atoms with van der Waals surface area (Å²) in [6.07, 6.45) is 3.66. The fraction of sp³-hybridized carbons (Fsp3) is 0.438. The van der Waals surface area contributed by atoms with Gasteiger partial charge in [0.1, 0.15) is 5.60 Å². The number of carbonyl (C=O) groups excluding carboxylic acids is 2. The molecule has 1 heterocycles. The van der Waals surface area contributed by atoms with Crippen molar-refractivity contribution in [1.82, 2.24) is 10.3 Å². The number of hydrogen-bond donors (Lipinski definition) is 1. The van der Waals surface area contributed by atoms with Gasteiger partial charge in [-0.25, -0.2) is 0 Å². The number of allylic oxidation sites excluding steroid dienone is 1. The van der Waals surface area contributed by atoms with Gasteiger partial charge in [-0.15, -0.1) is 0 Å². The van der Waals surface area contributed by atoms with Crippen LogP contribution in [0.15, 0.2) is 30.7 Å². The lowest BCUT2D eigenvalue weighted by molar-refractivity contribution is -0.154. The Balaban J connectivity index is 2.46. The van der Waals surface area contributed by atoms with E-state index >= 15 is 0 Å². The maximum Gasteiger partial charge on any atom is 0.306 e. The average Bonchev–Trinajstić information content (AvgIpc) is 2.34. The van der Waals surface area contributed by atoms with E-state index in [9.17, 15) is 9.59 Å². The normalized spacial score (nSPS) is 10.9. The van der Waals surface area contributed by atoms with Crippen molar-refractivity contribution in [2.45, 2.75) is 46.1 Å². The molecule has 0 radical (unpaired) electrons. The third kappa shape index (κ3) is 6.21. The quantitative estimate of drug-likeness (QED) is 0.847. The van der Waals surface area contributed by atoms with Gasteiger partial charge in [0.25, 0.3) is 5.91 Å². The van der Waals surface area contributed by atoms with Crippen molar-refractivity contribution in [3.8, 4) is 0 Å². The van der Waals surface area contributed by atoms with Crippen LogP contribution in [0.4, 0.5) is 0 Å². The van der Waals surface area contributed by atoms with Gasteiger partial charge in [0.2, 0.25) is 0 Å². The molecule has 1 N–H and O–H groups in total. The largest absolute Gasteiger partial charge is 0.460 e. The molecule has 0 atom stereocenters.